The molecule has 29 heavy (non-hydrogen) atoms. The van der Waals surface area contributed by atoms with Gasteiger partial charge in [-0.25, -0.2) is 13.2 Å². The molecular formula is C17H24F3N3O5S. The lowest BCUT2D eigenvalue weighted by atomic mass is 9.91. The van der Waals surface area contributed by atoms with Gasteiger partial charge in [0.05, 0.1) is 6.10 Å². The van der Waals surface area contributed by atoms with Crippen molar-refractivity contribution in [2.24, 2.45) is 5.92 Å². The lowest BCUT2D eigenvalue weighted by Crippen LogP contribution is -2.53. The number of hydrogen-bond acceptors (Lipinski definition) is 6. The number of likely N-dealkylation sites (N-methyl/N-ethyl adjacent to an activating group) is 1. The number of carbonyl (C=O) groups is 1. The van der Waals surface area contributed by atoms with Gasteiger partial charge in [-0.3, -0.25) is 4.98 Å². The summed E-state index contributed by atoms with van der Waals surface area (Å²) >= 11 is 0. The Morgan fingerprint density at radius 1 is 1.38 bits per heavy atom. The lowest BCUT2D eigenvalue weighted by molar-refractivity contribution is -0.192. The Morgan fingerprint density at radius 2 is 2.03 bits per heavy atom. The number of ether oxygens (including phenoxy) is 1. The lowest BCUT2D eigenvalue weighted by Gasteiger charge is -2.40. The van der Waals surface area contributed by atoms with E-state index in [9.17, 15) is 21.6 Å². The number of likely N-dealkylation sites (tertiary alicyclic amines) is 1. The molecule has 0 spiro atoms. The topological polar surface area (TPSA) is 100 Å². The zero-order valence-corrected chi connectivity index (χ0v) is 16.9. The van der Waals surface area contributed by atoms with Gasteiger partial charge in [0.1, 0.15) is 4.90 Å². The average molecular weight is 439 g/mol. The molecule has 0 aromatic carbocycles. The number of piperidine rings is 1. The fourth-order valence-corrected chi connectivity index (χ4v) is 5.32. The van der Waals surface area contributed by atoms with Crippen LogP contribution in [0.15, 0.2) is 29.4 Å². The van der Waals surface area contributed by atoms with Gasteiger partial charge in [0, 0.05) is 51.1 Å². The quantitative estimate of drug-likeness (QED) is 0.758. The van der Waals surface area contributed by atoms with Gasteiger partial charge in [-0.1, -0.05) is 6.92 Å². The summed E-state index contributed by atoms with van der Waals surface area (Å²) < 4.78 is 64.9. The monoisotopic (exact) mass is 439 g/mol. The van der Waals surface area contributed by atoms with Gasteiger partial charge in [0.15, 0.2) is 0 Å². The number of alkyl halides is 3. The largest absolute Gasteiger partial charge is 0.490 e. The Bertz CT molecular complexity index is 791. The molecular weight excluding hydrogens is 415 g/mol. The Kier molecular flexibility index (Phi) is 7.60. The number of nitrogens with zero attached hydrogens (tertiary/aromatic N) is 3. The van der Waals surface area contributed by atoms with E-state index in [2.05, 4.69) is 16.8 Å². The van der Waals surface area contributed by atoms with Crippen LogP contribution in [0.2, 0.25) is 0 Å². The van der Waals surface area contributed by atoms with Gasteiger partial charge >= 0.3 is 12.1 Å². The Hall–Kier alpha value is -1.76. The van der Waals surface area contributed by atoms with Crippen LogP contribution in [0.5, 0.6) is 0 Å². The smallest absolute Gasteiger partial charge is 0.475 e. The highest BCUT2D eigenvalue weighted by molar-refractivity contribution is 7.89. The fourth-order valence-electron chi connectivity index (χ4n) is 3.68. The van der Waals surface area contributed by atoms with Gasteiger partial charge in [0.25, 0.3) is 0 Å². The normalized spacial score (nSPS) is 25.8. The third-order valence-corrected chi connectivity index (χ3v) is 7.03. The number of hydrogen-bond donors (Lipinski definition) is 1. The van der Waals surface area contributed by atoms with E-state index in [1.54, 1.807) is 29.7 Å². The minimum atomic E-state index is -5.08. The van der Waals surface area contributed by atoms with E-state index in [0.717, 1.165) is 26.1 Å². The summed E-state index contributed by atoms with van der Waals surface area (Å²) in [5.74, 6) is -2.52. The number of sulfonamides is 1. The van der Waals surface area contributed by atoms with E-state index in [4.69, 9.17) is 14.6 Å². The minimum absolute atomic E-state index is 0.0103. The summed E-state index contributed by atoms with van der Waals surface area (Å²) in [5.41, 5.74) is 0. The molecule has 0 radical (unpaired) electrons. The number of carboxylic acids is 1. The second kappa shape index (κ2) is 9.37. The van der Waals surface area contributed by atoms with Crippen LogP contribution in [-0.2, 0) is 19.6 Å². The molecule has 1 N–H and O–H groups in total. The zero-order valence-electron chi connectivity index (χ0n) is 16.0. The molecule has 0 unspecified atom stereocenters. The van der Waals surface area contributed by atoms with E-state index < -0.39 is 22.2 Å². The molecule has 3 rings (SSSR count). The molecule has 3 heterocycles. The first kappa shape index (κ1) is 23.5. The van der Waals surface area contributed by atoms with Crippen molar-refractivity contribution >= 4 is 16.0 Å². The van der Waals surface area contributed by atoms with Crippen molar-refractivity contribution in [1.82, 2.24) is 14.2 Å². The van der Waals surface area contributed by atoms with Crippen LogP contribution in [0.25, 0.3) is 0 Å². The van der Waals surface area contributed by atoms with Crippen LogP contribution in [0.4, 0.5) is 13.2 Å². The number of aliphatic carboxylic acids is 1. The first-order chi connectivity index (χ1) is 13.5. The summed E-state index contributed by atoms with van der Waals surface area (Å²) in [7, 11) is -1.77. The third-order valence-electron chi connectivity index (χ3n) is 5.12. The van der Waals surface area contributed by atoms with Crippen LogP contribution in [-0.4, -0.2) is 85.3 Å². The molecule has 8 nitrogen and oxygen atoms in total. The van der Waals surface area contributed by atoms with E-state index in [-0.39, 0.29) is 23.0 Å². The van der Waals surface area contributed by atoms with Gasteiger partial charge < -0.3 is 14.7 Å². The van der Waals surface area contributed by atoms with E-state index in [0.29, 0.717) is 6.54 Å². The number of methoxy groups -OCH3 is 1. The second-order valence-corrected chi connectivity index (χ2v) is 8.64. The summed E-state index contributed by atoms with van der Waals surface area (Å²) in [6.07, 6.45) is -1.18. The van der Waals surface area contributed by atoms with Gasteiger partial charge in [0.2, 0.25) is 10.0 Å². The molecule has 0 aliphatic carbocycles. The predicted molar refractivity (Wildman–Crippen MR) is 96.6 cm³/mol. The Balaban J connectivity index is 0.000000370. The maximum Gasteiger partial charge on any atom is 0.490 e. The van der Waals surface area contributed by atoms with Crippen molar-refractivity contribution in [3.8, 4) is 0 Å². The van der Waals surface area contributed by atoms with Crippen molar-refractivity contribution in [2.45, 2.75) is 36.6 Å². The summed E-state index contributed by atoms with van der Waals surface area (Å²) in [4.78, 5) is 15.4. The second-order valence-electron chi connectivity index (χ2n) is 6.75. The van der Waals surface area contributed by atoms with Crippen molar-refractivity contribution in [2.75, 3.05) is 33.3 Å². The van der Waals surface area contributed by atoms with Gasteiger partial charge in [-0.15, -0.1) is 0 Å². The summed E-state index contributed by atoms with van der Waals surface area (Å²) in [5, 5.41) is 7.12. The van der Waals surface area contributed by atoms with Crippen LogP contribution in [0, 0.1) is 5.92 Å². The number of fused-ring (bicyclic) bond motifs is 1. The number of pyridine rings is 1. The van der Waals surface area contributed by atoms with Crippen molar-refractivity contribution < 1.29 is 36.2 Å². The van der Waals surface area contributed by atoms with Crippen LogP contribution < -0.4 is 0 Å². The molecule has 2 saturated heterocycles. The maximum atomic E-state index is 12.9. The molecule has 2 aliphatic heterocycles. The molecule has 2 fully saturated rings. The number of halogens is 3. The van der Waals surface area contributed by atoms with Crippen LogP contribution in [0.3, 0.4) is 0 Å². The standard InChI is InChI=1S/C15H23N3O3S.C2HF3O2/c1-3-17-10-13-14(11-17)18(8-6-15(13)21-2)22(19,20)12-5-4-7-16-9-12;3-2(4,5)1(6)7/h4-5,7,9,13-15H,3,6,8,10-11H2,1-2H3;(H,6,7)/t13-,14+,15-;/m0./s1. The molecule has 2 aliphatic rings. The Labute approximate surface area is 167 Å². The molecule has 1 aromatic heterocycles. The number of carboxylic acid groups (broad SMARTS) is 1. The molecule has 0 bridgehead atoms. The highest BCUT2D eigenvalue weighted by atomic mass is 32.2. The molecule has 1 aromatic rings. The molecule has 164 valence electrons. The van der Waals surface area contributed by atoms with Crippen molar-refractivity contribution in [3.63, 3.8) is 0 Å². The third kappa shape index (κ3) is 5.44. The van der Waals surface area contributed by atoms with Gasteiger partial charge in [-0.2, -0.15) is 17.5 Å². The van der Waals surface area contributed by atoms with E-state index in [1.807, 2.05) is 0 Å². The molecule has 0 amide bonds. The maximum absolute atomic E-state index is 12.9. The summed E-state index contributed by atoms with van der Waals surface area (Å²) in [6.45, 7) is 5.23. The summed E-state index contributed by atoms with van der Waals surface area (Å²) in [6, 6.07) is 3.27. The Morgan fingerprint density at radius 3 is 2.52 bits per heavy atom. The highest BCUT2D eigenvalue weighted by Crippen LogP contribution is 2.35. The zero-order chi connectivity index (χ0) is 21.8. The van der Waals surface area contributed by atoms with Crippen molar-refractivity contribution in [1.29, 1.82) is 0 Å². The molecule has 12 heteroatoms. The van der Waals surface area contributed by atoms with Crippen molar-refractivity contribution in [3.05, 3.63) is 24.5 Å². The first-order valence-electron chi connectivity index (χ1n) is 8.99. The fraction of sp³-hybridized carbons (Fsp3) is 0.647. The van der Waals surface area contributed by atoms with E-state index in [1.165, 1.54) is 6.20 Å². The first-order valence-corrected chi connectivity index (χ1v) is 10.4. The van der Waals surface area contributed by atoms with Crippen LogP contribution >= 0.6 is 0 Å². The number of aromatic nitrogens is 1. The predicted octanol–water partition coefficient (Wildman–Crippen LogP) is 1.44. The molecule has 3 atom stereocenters. The average Bonchev–Trinajstić information content (AvgIpc) is 3.12. The minimum Gasteiger partial charge on any atom is -0.475 e. The van der Waals surface area contributed by atoms with Crippen LogP contribution in [0.1, 0.15) is 13.3 Å². The number of rotatable bonds is 4. The van der Waals surface area contributed by atoms with Gasteiger partial charge in [-0.05, 0) is 25.1 Å². The highest BCUT2D eigenvalue weighted by Gasteiger charge is 2.48. The molecule has 0 saturated carbocycles. The SMILES string of the molecule is CCN1C[C@@H]2[C@@H](OC)CCN(S(=O)(=O)c3cccnc3)[C@@H]2C1.O=C(O)C(F)(F)F. The van der Waals surface area contributed by atoms with E-state index >= 15 is 0 Å².